The monoisotopic (exact) mass is 291 g/mol. The van der Waals surface area contributed by atoms with Crippen LogP contribution in [0.15, 0.2) is 24.3 Å². The molecule has 0 saturated carbocycles. The summed E-state index contributed by atoms with van der Waals surface area (Å²) < 4.78 is 5.94. The predicted octanol–water partition coefficient (Wildman–Crippen LogP) is 5.17. The zero-order chi connectivity index (χ0) is 15.7. The molecule has 0 amide bonds. The molecule has 0 aliphatic rings. The quantitative estimate of drug-likeness (QED) is 0.677. The molecule has 120 valence electrons. The van der Waals surface area contributed by atoms with E-state index in [2.05, 4.69) is 64.2 Å². The molecule has 0 radical (unpaired) electrons. The minimum absolute atomic E-state index is 0.156. The lowest BCUT2D eigenvalue weighted by molar-refractivity contribution is 0.233. The molecule has 1 N–H and O–H groups in total. The second-order valence-corrected chi connectivity index (χ2v) is 6.98. The van der Waals surface area contributed by atoms with E-state index in [0.717, 1.165) is 18.9 Å². The molecular weight excluding hydrogens is 258 g/mol. The van der Waals surface area contributed by atoms with Gasteiger partial charge in [0.15, 0.2) is 0 Å². The minimum atomic E-state index is 0.156. The lowest BCUT2D eigenvalue weighted by Gasteiger charge is -2.20. The minimum Gasteiger partial charge on any atom is -0.493 e. The number of hydrogen-bond donors (Lipinski definition) is 1. The van der Waals surface area contributed by atoms with Gasteiger partial charge in [-0.15, -0.1) is 0 Å². The van der Waals surface area contributed by atoms with Crippen LogP contribution in [0.4, 0.5) is 0 Å². The highest BCUT2D eigenvalue weighted by Gasteiger charge is 2.09. The van der Waals surface area contributed by atoms with Crippen LogP contribution < -0.4 is 10.1 Å². The lowest BCUT2D eigenvalue weighted by Crippen LogP contribution is -2.35. The number of rotatable bonds is 9. The Bertz CT molecular complexity index is 378. The average Bonchev–Trinajstić information content (AvgIpc) is 2.46. The van der Waals surface area contributed by atoms with E-state index >= 15 is 0 Å². The van der Waals surface area contributed by atoms with Crippen molar-refractivity contribution in [2.24, 2.45) is 5.92 Å². The van der Waals surface area contributed by atoms with Crippen LogP contribution in [0.1, 0.15) is 65.9 Å². The molecule has 21 heavy (non-hydrogen) atoms. The van der Waals surface area contributed by atoms with Gasteiger partial charge in [0.25, 0.3) is 0 Å². The van der Waals surface area contributed by atoms with Crippen molar-refractivity contribution in [1.82, 2.24) is 5.32 Å². The van der Waals surface area contributed by atoms with E-state index in [4.69, 9.17) is 4.74 Å². The molecular formula is C19H33NO. The van der Waals surface area contributed by atoms with Crippen LogP contribution in [-0.2, 0) is 6.54 Å². The van der Waals surface area contributed by atoms with Crippen LogP contribution >= 0.6 is 0 Å². The maximum absolute atomic E-state index is 5.94. The number of hydrogen-bond acceptors (Lipinski definition) is 2. The van der Waals surface area contributed by atoms with Gasteiger partial charge in [0.05, 0.1) is 6.61 Å². The molecule has 0 spiro atoms. The lowest BCUT2D eigenvalue weighted by atomic mass is 10.0. The topological polar surface area (TPSA) is 21.3 Å². The fraction of sp³-hybridized carbons (Fsp3) is 0.684. The van der Waals surface area contributed by atoms with E-state index in [1.54, 1.807) is 0 Å². The Morgan fingerprint density at radius 3 is 2.29 bits per heavy atom. The highest BCUT2D eigenvalue weighted by molar-refractivity contribution is 5.27. The molecule has 0 saturated heterocycles. The molecule has 1 atom stereocenters. The second-order valence-electron chi connectivity index (χ2n) is 6.98. The van der Waals surface area contributed by atoms with Crippen molar-refractivity contribution < 1.29 is 4.74 Å². The Morgan fingerprint density at radius 2 is 1.76 bits per heavy atom. The van der Waals surface area contributed by atoms with Crippen molar-refractivity contribution in [2.45, 2.75) is 72.4 Å². The fourth-order valence-corrected chi connectivity index (χ4v) is 2.18. The third-order valence-electron chi connectivity index (χ3n) is 3.78. The molecule has 0 aliphatic heterocycles. The van der Waals surface area contributed by atoms with Crippen molar-refractivity contribution in [3.63, 3.8) is 0 Å². The van der Waals surface area contributed by atoms with Crippen molar-refractivity contribution in [1.29, 1.82) is 0 Å². The fourth-order valence-electron chi connectivity index (χ4n) is 2.18. The first-order valence-electron chi connectivity index (χ1n) is 8.41. The summed E-state index contributed by atoms with van der Waals surface area (Å²) in [5, 5.41) is 3.50. The standard InChI is InChI=1S/C19H33NO/c1-6-8-9-16(7-2)15-21-18-12-10-17(11-13-18)14-20-19(3,4)5/h10-13,16,20H,6-9,14-15H2,1-5H3. The van der Waals surface area contributed by atoms with E-state index in [1.807, 2.05) is 0 Å². The van der Waals surface area contributed by atoms with Crippen LogP contribution in [0.2, 0.25) is 0 Å². The van der Waals surface area contributed by atoms with Gasteiger partial charge in [0.2, 0.25) is 0 Å². The molecule has 1 aromatic rings. The van der Waals surface area contributed by atoms with Gasteiger partial charge >= 0.3 is 0 Å². The van der Waals surface area contributed by atoms with Gasteiger partial charge in [0, 0.05) is 12.1 Å². The van der Waals surface area contributed by atoms with Gasteiger partial charge in [-0.3, -0.25) is 0 Å². The highest BCUT2D eigenvalue weighted by Crippen LogP contribution is 2.17. The second kappa shape index (κ2) is 9.09. The van der Waals surface area contributed by atoms with E-state index in [-0.39, 0.29) is 5.54 Å². The predicted molar refractivity (Wildman–Crippen MR) is 91.8 cm³/mol. The van der Waals surface area contributed by atoms with Gasteiger partial charge in [-0.1, -0.05) is 45.2 Å². The molecule has 1 rings (SSSR count). The SMILES string of the molecule is CCCCC(CC)COc1ccc(CNC(C)(C)C)cc1. The Kier molecular flexibility index (Phi) is 7.81. The number of ether oxygens (including phenoxy) is 1. The Hall–Kier alpha value is -1.02. The average molecular weight is 291 g/mol. The van der Waals surface area contributed by atoms with Crippen molar-refractivity contribution in [3.05, 3.63) is 29.8 Å². The van der Waals surface area contributed by atoms with Crippen LogP contribution in [0.25, 0.3) is 0 Å². The van der Waals surface area contributed by atoms with E-state index in [9.17, 15) is 0 Å². The van der Waals surface area contributed by atoms with E-state index in [1.165, 1.54) is 31.2 Å². The number of benzene rings is 1. The Balaban J connectivity index is 2.39. The molecule has 0 heterocycles. The first-order chi connectivity index (χ1) is 9.94. The summed E-state index contributed by atoms with van der Waals surface area (Å²) in [5.41, 5.74) is 1.46. The maximum Gasteiger partial charge on any atom is 0.119 e. The van der Waals surface area contributed by atoms with Crippen LogP contribution in [0.5, 0.6) is 5.75 Å². The third-order valence-corrected chi connectivity index (χ3v) is 3.78. The Morgan fingerprint density at radius 1 is 1.10 bits per heavy atom. The molecule has 0 bridgehead atoms. The molecule has 0 aliphatic carbocycles. The van der Waals surface area contributed by atoms with Gasteiger partial charge in [-0.25, -0.2) is 0 Å². The highest BCUT2D eigenvalue weighted by atomic mass is 16.5. The molecule has 2 nitrogen and oxygen atoms in total. The third kappa shape index (κ3) is 8.11. The summed E-state index contributed by atoms with van der Waals surface area (Å²) in [6.07, 6.45) is 5.05. The zero-order valence-corrected chi connectivity index (χ0v) is 14.5. The first kappa shape index (κ1) is 18.0. The van der Waals surface area contributed by atoms with Crippen LogP contribution in [0.3, 0.4) is 0 Å². The summed E-state index contributed by atoms with van der Waals surface area (Å²) >= 11 is 0. The Labute approximate surface area is 131 Å². The zero-order valence-electron chi connectivity index (χ0n) is 14.5. The van der Waals surface area contributed by atoms with Gasteiger partial charge in [-0.2, -0.15) is 0 Å². The molecule has 0 fully saturated rings. The van der Waals surface area contributed by atoms with E-state index in [0.29, 0.717) is 5.92 Å². The molecule has 1 unspecified atom stereocenters. The largest absolute Gasteiger partial charge is 0.493 e. The maximum atomic E-state index is 5.94. The molecule has 0 aromatic heterocycles. The summed E-state index contributed by atoms with van der Waals surface area (Å²) in [6, 6.07) is 8.49. The summed E-state index contributed by atoms with van der Waals surface area (Å²) in [6.45, 7) is 12.8. The molecule has 1 aromatic carbocycles. The van der Waals surface area contributed by atoms with Gasteiger partial charge in [0.1, 0.15) is 5.75 Å². The smallest absolute Gasteiger partial charge is 0.119 e. The van der Waals surface area contributed by atoms with Crippen LogP contribution in [-0.4, -0.2) is 12.1 Å². The summed E-state index contributed by atoms with van der Waals surface area (Å²) in [7, 11) is 0. The first-order valence-corrected chi connectivity index (χ1v) is 8.41. The normalized spacial score (nSPS) is 13.2. The van der Waals surface area contributed by atoms with Crippen molar-refractivity contribution >= 4 is 0 Å². The number of nitrogens with one attached hydrogen (secondary N) is 1. The van der Waals surface area contributed by atoms with Crippen molar-refractivity contribution in [3.8, 4) is 5.75 Å². The van der Waals surface area contributed by atoms with Crippen molar-refractivity contribution in [2.75, 3.05) is 6.61 Å². The molecule has 2 heteroatoms. The summed E-state index contributed by atoms with van der Waals surface area (Å²) in [5.74, 6) is 1.68. The van der Waals surface area contributed by atoms with E-state index < -0.39 is 0 Å². The van der Waals surface area contributed by atoms with Gasteiger partial charge < -0.3 is 10.1 Å². The summed E-state index contributed by atoms with van der Waals surface area (Å²) in [4.78, 5) is 0. The van der Waals surface area contributed by atoms with Crippen LogP contribution in [0, 0.1) is 5.92 Å². The number of unbranched alkanes of at least 4 members (excludes halogenated alkanes) is 1. The van der Waals surface area contributed by atoms with Gasteiger partial charge in [-0.05, 0) is 50.8 Å².